The lowest BCUT2D eigenvalue weighted by atomic mass is 9.99. The van der Waals surface area contributed by atoms with E-state index in [-0.39, 0.29) is 12.4 Å². The van der Waals surface area contributed by atoms with Gasteiger partial charge in [0.15, 0.2) is 0 Å². The van der Waals surface area contributed by atoms with Crippen molar-refractivity contribution in [3.05, 3.63) is 35.5 Å². The molecule has 1 saturated heterocycles. The topological polar surface area (TPSA) is 64.3 Å². The Morgan fingerprint density at radius 1 is 1.43 bits per heavy atom. The SMILES string of the molecule is COC1CCN(Cc2csc(-c3ccccn3)n2)C(CN)C1.Cl. The largest absolute Gasteiger partial charge is 0.381 e. The number of piperidine rings is 1. The Morgan fingerprint density at radius 3 is 3.00 bits per heavy atom. The first-order valence-corrected chi connectivity index (χ1v) is 8.51. The van der Waals surface area contributed by atoms with Gasteiger partial charge < -0.3 is 10.5 Å². The van der Waals surface area contributed by atoms with Crippen LogP contribution in [-0.4, -0.2) is 47.2 Å². The van der Waals surface area contributed by atoms with E-state index in [1.165, 1.54) is 0 Å². The minimum atomic E-state index is 0. The highest BCUT2D eigenvalue weighted by Crippen LogP contribution is 2.25. The number of hydrogen-bond donors (Lipinski definition) is 1. The van der Waals surface area contributed by atoms with Gasteiger partial charge in [0.2, 0.25) is 0 Å². The third-order valence-electron chi connectivity index (χ3n) is 4.20. The number of likely N-dealkylation sites (tertiary alicyclic amines) is 1. The average Bonchev–Trinajstić information content (AvgIpc) is 3.04. The molecule has 2 aromatic rings. The summed E-state index contributed by atoms with van der Waals surface area (Å²) in [5.74, 6) is 0. The number of nitrogens with zero attached hydrogens (tertiary/aromatic N) is 3. The number of pyridine rings is 1. The Balaban J connectivity index is 0.00000192. The summed E-state index contributed by atoms with van der Waals surface area (Å²) in [6, 6.07) is 6.28. The van der Waals surface area contributed by atoms with Gasteiger partial charge >= 0.3 is 0 Å². The molecule has 7 heteroatoms. The highest BCUT2D eigenvalue weighted by atomic mass is 35.5. The van der Waals surface area contributed by atoms with Gasteiger partial charge in [-0.3, -0.25) is 9.88 Å². The van der Waals surface area contributed by atoms with E-state index in [1.807, 2.05) is 18.2 Å². The number of thiazole rings is 1. The maximum absolute atomic E-state index is 5.94. The van der Waals surface area contributed by atoms with Crippen LogP contribution in [0.4, 0.5) is 0 Å². The molecule has 0 saturated carbocycles. The fraction of sp³-hybridized carbons (Fsp3) is 0.500. The van der Waals surface area contributed by atoms with E-state index in [0.717, 1.165) is 42.3 Å². The minimum absolute atomic E-state index is 0. The molecule has 23 heavy (non-hydrogen) atoms. The summed E-state index contributed by atoms with van der Waals surface area (Å²) in [5.41, 5.74) is 7.97. The van der Waals surface area contributed by atoms with Crippen molar-refractivity contribution in [3.8, 4) is 10.7 Å². The fourth-order valence-electron chi connectivity index (χ4n) is 2.92. The quantitative estimate of drug-likeness (QED) is 0.894. The zero-order valence-corrected chi connectivity index (χ0v) is 14.9. The monoisotopic (exact) mass is 354 g/mol. The summed E-state index contributed by atoms with van der Waals surface area (Å²) in [7, 11) is 1.79. The van der Waals surface area contributed by atoms with Crippen molar-refractivity contribution < 1.29 is 4.74 Å². The second-order valence-corrected chi connectivity index (χ2v) is 6.46. The Labute approximate surface area is 147 Å². The third kappa shape index (κ3) is 4.49. The van der Waals surface area contributed by atoms with Crippen LogP contribution in [0.2, 0.25) is 0 Å². The lowest BCUT2D eigenvalue weighted by Crippen LogP contribution is -2.48. The van der Waals surface area contributed by atoms with Crippen molar-refractivity contribution in [1.82, 2.24) is 14.9 Å². The summed E-state index contributed by atoms with van der Waals surface area (Å²) in [5, 5.41) is 3.10. The van der Waals surface area contributed by atoms with E-state index in [1.54, 1.807) is 24.6 Å². The standard InChI is InChI=1S/C16H22N4OS.ClH/c1-21-14-5-7-20(13(8-14)9-17)10-12-11-22-16(19-12)15-4-2-3-6-18-15;/h2-4,6,11,13-14H,5,7-10,17H2,1H3;1H. The number of nitrogens with two attached hydrogens (primary N) is 1. The zero-order chi connectivity index (χ0) is 15.4. The first-order chi connectivity index (χ1) is 10.8. The second kappa shape index (κ2) is 8.70. The van der Waals surface area contributed by atoms with E-state index in [2.05, 4.69) is 15.3 Å². The molecule has 0 aromatic carbocycles. The van der Waals surface area contributed by atoms with Crippen LogP contribution in [0.25, 0.3) is 10.7 Å². The minimum Gasteiger partial charge on any atom is -0.381 e. The van der Waals surface area contributed by atoms with Gasteiger partial charge in [0, 0.05) is 44.4 Å². The highest BCUT2D eigenvalue weighted by molar-refractivity contribution is 7.13. The second-order valence-electron chi connectivity index (χ2n) is 5.60. The van der Waals surface area contributed by atoms with E-state index < -0.39 is 0 Å². The van der Waals surface area contributed by atoms with Crippen LogP contribution < -0.4 is 5.73 Å². The molecular formula is C16H23ClN4OS. The molecule has 3 rings (SSSR count). The van der Waals surface area contributed by atoms with Crippen LogP contribution in [0, 0.1) is 0 Å². The van der Waals surface area contributed by atoms with Gasteiger partial charge in [-0.2, -0.15) is 0 Å². The summed E-state index contributed by atoms with van der Waals surface area (Å²) < 4.78 is 5.48. The van der Waals surface area contributed by atoms with Crippen LogP contribution >= 0.6 is 23.7 Å². The Hall–Kier alpha value is -1.05. The molecule has 1 aliphatic heterocycles. The maximum atomic E-state index is 5.94. The zero-order valence-electron chi connectivity index (χ0n) is 13.2. The van der Waals surface area contributed by atoms with E-state index in [9.17, 15) is 0 Å². The van der Waals surface area contributed by atoms with Gasteiger partial charge in [-0.15, -0.1) is 23.7 Å². The van der Waals surface area contributed by atoms with Crippen molar-refractivity contribution in [1.29, 1.82) is 0 Å². The van der Waals surface area contributed by atoms with E-state index in [4.69, 9.17) is 15.5 Å². The van der Waals surface area contributed by atoms with Crippen LogP contribution in [0.3, 0.4) is 0 Å². The molecule has 3 heterocycles. The van der Waals surface area contributed by atoms with Crippen LogP contribution in [-0.2, 0) is 11.3 Å². The Morgan fingerprint density at radius 2 is 2.30 bits per heavy atom. The predicted octanol–water partition coefficient (Wildman–Crippen LogP) is 2.56. The average molecular weight is 355 g/mol. The van der Waals surface area contributed by atoms with Crippen molar-refractivity contribution in [3.63, 3.8) is 0 Å². The molecule has 2 aromatic heterocycles. The number of methoxy groups -OCH3 is 1. The molecule has 0 bridgehead atoms. The Bertz CT molecular complexity index is 595. The van der Waals surface area contributed by atoms with Gasteiger partial charge in [0.1, 0.15) is 5.01 Å². The number of rotatable bonds is 5. The molecule has 126 valence electrons. The lowest BCUT2D eigenvalue weighted by molar-refractivity contribution is 0.00985. The highest BCUT2D eigenvalue weighted by Gasteiger charge is 2.27. The molecule has 2 atom stereocenters. The van der Waals surface area contributed by atoms with Crippen molar-refractivity contribution >= 4 is 23.7 Å². The fourth-order valence-corrected chi connectivity index (χ4v) is 3.71. The van der Waals surface area contributed by atoms with Gasteiger partial charge in [0.05, 0.1) is 17.5 Å². The number of ether oxygens (including phenoxy) is 1. The summed E-state index contributed by atoms with van der Waals surface area (Å²) in [6.07, 6.45) is 4.20. The molecule has 1 aliphatic rings. The van der Waals surface area contributed by atoms with Crippen LogP contribution in [0.5, 0.6) is 0 Å². The summed E-state index contributed by atoms with van der Waals surface area (Å²) >= 11 is 1.65. The van der Waals surface area contributed by atoms with Crippen LogP contribution in [0.1, 0.15) is 18.5 Å². The molecule has 2 unspecified atom stereocenters. The predicted molar refractivity (Wildman–Crippen MR) is 95.9 cm³/mol. The molecular weight excluding hydrogens is 332 g/mol. The molecule has 2 N–H and O–H groups in total. The normalized spacial score (nSPS) is 21.8. The smallest absolute Gasteiger partial charge is 0.142 e. The maximum Gasteiger partial charge on any atom is 0.142 e. The van der Waals surface area contributed by atoms with E-state index >= 15 is 0 Å². The lowest BCUT2D eigenvalue weighted by Gasteiger charge is -2.38. The van der Waals surface area contributed by atoms with Crippen molar-refractivity contribution in [2.24, 2.45) is 5.73 Å². The van der Waals surface area contributed by atoms with E-state index in [0.29, 0.717) is 18.7 Å². The summed E-state index contributed by atoms with van der Waals surface area (Å²) in [6.45, 7) is 2.52. The van der Waals surface area contributed by atoms with Crippen molar-refractivity contribution in [2.75, 3.05) is 20.2 Å². The first-order valence-electron chi connectivity index (χ1n) is 7.63. The number of aromatic nitrogens is 2. The Kier molecular flexibility index (Phi) is 6.92. The van der Waals surface area contributed by atoms with Gasteiger partial charge in [-0.25, -0.2) is 4.98 Å². The van der Waals surface area contributed by atoms with Gasteiger partial charge in [0.25, 0.3) is 0 Å². The van der Waals surface area contributed by atoms with Gasteiger partial charge in [-0.05, 0) is 25.0 Å². The van der Waals surface area contributed by atoms with Crippen LogP contribution in [0.15, 0.2) is 29.8 Å². The molecule has 0 spiro atoms. The number of halogens is 1. The van der Waals surface area contributed by atoms with Gasteiger partial charge in [-0.1, -0.05) is 6.07 Å². The molecule has 0 amide bonds. The third-order valence-corrected chi connectivity index (χ3v) is 5.11. The molecule has 0 radical (unpaired) electrons. The molecule has 1 fully saturated rings. The first kappa shape index (κ1) is 18.3. The van der Waals surface area contributed by atoms with Crippen molar-refractivity contribution in [2.45, 2.75) is 31.5 Å². The number of hydrogen-bond acceptors (Lipinski definition) is 6. The molecule has 5 nitrogen and oxygen atoms in total. The molecule has 0 aliphatic carbocycles. The summed E-state index contributed by atoms with van der Waals surface area (Å²) in [4.78, 5) is 11.5.